The molecule has 0 atom stereocenters. The number of halogens is 1. The predicted molar refractivity (Wildman–Crippen MR) is 103 cm³/mol. The molecule has 3 aromatic rings. The Labute approximate surface area is 148 Å². The number of benzene rings is 2. The fraction of sp³-hybridized carbons (Fsp3) is 0.273. The maximum atomic E-state index is 13.2. The van der Waals surface area contributed by atoms with Gasteiger partial charge in [-0.25, -0.2) is 4.39 Å². The van der Waals surface area contributed by atoms with Gasteiger partial charge in [0.1, 0.15) is 5.82 Å². The lowest BCUT2D eigenvalue weighted by molar-refractivity contribution is 0.312. The normalized spacial score (nSPS) is 15.6. The number of fused-ring (bicyclic) bond motifs is 3. The van der Waals surface area contributed by atoms with Crippen molar-refractivity contribution in [2.24, 2.45) is 0 Å². The van der Waals surface area contributed by atoms with Gasteiger partial charge in [-0.1, -0.05) is 23.8 Å². The van der Waals surface area contributed by atoms with E-state index in [0.717, 1.165) is 30.6 Å². The first-order valence-corrected chi connectivity index (χ1v) is 8.78. The number of aryl methyl sites for hydroxylation is 1. The van der Waals surface area contributed by atoms with Crippen LogP contribution in [0.4, 0.5) is 4.39 Å². The van der Waals surface area contributed by atoms with E-state index in [1.54, 1.807) is 0 Å². The van der Waals surface area contributed by atoms with E-state index < -0.39 is 0 Å². The standard InChI is InChI=1S/C22H23FN2/c1-15-4-9-21-19(12-15)20-14-24(3)11-10-22(20)25(21)13-16(2)17-5-7-18(23)8-6-17/h4-9,12-13H,10-11,14H2,1-3H3/b16-13+. The van der Waals surface area contributed by atoms with Crippen molar-refractivity contribution in [2.45, 2.75) is 26.8 Å². The van der Waals surface area contributed by atoms with Crippen molar-refractivity contribution in [3.05, 3.63) is 70.7 Å². The zero-order chi connectivity index (χ0) is 17.6. The van der Waals surface area contributed by atoms with E-state index in [1.165, 1.54) is 39.9 Å². The number of aromatic nitrogens is 1. The first kappa shape index (κ1) is 16.1. The van der Waals surface area contributed by atoms with Gasteiger partial charge in [-0.3, -0.25) is 0 Å². The monoisotopic (exact) mass is 334 g/mol. The summed E-state index contributed by atoms with van der Waals surface area (Å²) < 4.78 is 15.5. The van der Waals surface area contributed by atoms with Crippen molar-refractivity contribution in [1.29, 1.82) is 0 Å². The van der Waals surface area contributed by atoms with Gasteiger partial charge >= 0.3 is 0 Å². The van der Waals surface area contributed by atoms with Crippen LogP contribution >= 0.6 is 0 Å². The van der Waals surface area contributed by atoms with E-state index in [-0.39, 0.29) is 5.82 Å². The van der Waals surface area contributed by atoms with Gasteiger partial charge < -0.3 is 9.47 Å². The first-order valence-electron chi connectivity index (χ1n) is 8.78. The van der Waals surface area contributed by atoms with Crippen LogP contribution in [0.2, 0.25) is 0 Å². The van der Waals surface area contributed by atoms with Gasteiger partial charge in [0.2, 0.25) is 0 Å². The van der Waals surface area contributed by atoms with E-state index in [4.69, 9.17) is 0 Å². The van der Waals surface area contributed by atoms with Gasteiger partial charge in [0.05, 0.1) is 5.52 Å². The molecule has 1 aliphatic rings. The highest BCUT2D eigenvalue weighted by Gasteiger charge is 2.21. The molecule has 25 heavy (non-hydrogen) atoms. The largest absolute Gasteiger partial charge is 0.320 e. The van der Waals surface area contributed by atoms with Crippen LogP contribution in [0.25, 0.3) is 22.7 Å². The lowest BCUT2D eigenvalue weighted by Crippen LogP contribution is -2.26. The second-order valence-corrected chi connectivity index (χ2v) is 7.12. The molecule has 3 heteroatoms. The second-order valence-electron chi connectivity index (χ2n) is 7.12. The molecule has 0 bridgehead atoms. The summed E-state index contributed by atoms with van der Waals surface area (Å²) in [5.74, 6) is -0.196. The summed E-state index contributed by atoms with van der Waals surface area (Å²) in [6.45, 7) is 6.31. The van der Waals surface area contributed by atoms with Crippen LogP contribution in [0.15, 0.2) is 42.5 Å². The summed E-state index contributed by atoms with van der Waals surface area (Å²) in [6.07, 6.45) is 3.25. The smallest absolute Gasteiger partial charge is 0.123 e. The third-order valence-electron chi connectivity index (χ3n) is 5.16. The summed E-state index contributed by atoms with van der Waals surface area (Å²) in [5.41, 5.74) is 7.58. The summed E-state index contributed by atoms with van der Waals surface area (Å²) in [4.78, 5) is 2.38. The highest BCUT2D eigenvalue weighted by molar-refractivity contribution is 5.90. The molecule has 0 aliphatic carbocycles. The van der Waals surface area contributed by atoms with E-state index >= 15 is 0 Å². The van der Waals surface area contributed by atoms with Crippen molar-refractivity contribution >= 4 is 22.7 Å². The van der Waals surface area contributed by atoms with Gasteiger partial charge in [0, 0.05) is 36.8 Å². The van der Waals surface area contributed by atoms with Crippen molar-refractivity contribution < 1.29 is 4.39 Å². The molecule has 0 radical (unpaired) electrons. The van der Waals surface area contributed by atoms with Crippen LogP contribution in [0.5, 0.6) is 0 Å². The number of rotatable bonds is 2. The summed E-state index contributed by atoms with van der Waals surface area (Å²) in [7, 11) is 2.18. The molecular formula is C22H23FN2. The van der Waals surface area contributed by atoms with Crippen molar-refractivity contribution in [3.63, 3.8) is 0 Å². The Kier molecular flexibility index (Phi) is 3.97. The average Bonchev–Trinajstić information content (AvgIpc) is 2.88. The van der Waals surface area contributed by atoms with Crippen LogP contribution in [0.3, 0.4) is 0 Å². The summed E-state index contributed by atoms with van der Waals surface area (Å²) in [5, 5.41) is 1.35. The topological polar surface area (TPSA) is 8.17 Å². The number of nitrogens with zero attached hydrogens (tertiary/aromatic N) is 2. The van der Waals surface area contributed by atoms with E-state index in [2.05, 4.69) is 54.8 Å². The van der Waals surface area contributed by atoms with Crippen molar-refractivity contribution in [3.8, 4) is 0 Å². The van der Waals surface area contributed by atoms with Crippen molar-refractivity contribution in [2.75, 3.05) is 13.6 Å². The molecule has 0 saturated heterocycles. The molecule has 128 valence electrons. The molecule has 1 aromatic heterocycles. The predicted octanol–water partition coefficient (Wildman–Crippen LogP) is 5.09. The number of hydrogen-bond donors (Lipinski definition) is 0. The van der Waals surface area contributed by atoms with Crippen LogP contribution in [-0.2, 0) is 13.0 Å². The van der Waals surface area contributed by atoms with Crippen LogP contribution < -0.4 is 0 Å². The molecule has 2 nitrogen and oxygen atoms in total. The Morgan fingerprint density at radius 1 is 1.12 bits per heavy atom. The van der Waals surface area contributed by atoms with E-state index in [1.807, 2.05) is 12.1 Å². The molecule has 0 unspecified atom stereocenters. The highest BCUT2D eigenvalue weighted by atomic mass is 19.1. The lowest BCUT2D eigenvalue weighted by atomic mass is 10.0. The maximum Gasteiger partial charge on any atom is 0.123 e. The summed E-state index contributed by atoms with van der Waals surface area (Å²) in [6, 6.07) is 13.4. The Balaban J connectivity index is 1.89. The number of hydrogen-bond acceptors (Lipinski definition) is 1. The van der Waals surface area contributed by atoms with Gasteiger partial charge in [0.15, 0.2) is 0 Å². The third kappa shape index (κ3) is 2.89. The fourth-order valence-corrected chi connectivity index (χ4v) is 3.77. The molecule has 0 N–H and O–H groups in total. The quantitative estimate of drug-likeness (QED) is 0.633. The second kappa shape index (κ2) is 6.16. The average molecular weight is 334 g/mol. The molecule has 0 fully saturated rings. The molecule has 4 rings (SSSR count). The Morgan fingerprint density at radius 3 is 2.64 bits per heavy atom. The van der Waals surface area contributed by atoms with Crippen molar-refractivity contribution in [1.82, 2.24) is 9.47 Å². The fourth-order valence-electron chi connectivity index (χ4n) is 3.77. The minimum absolute atomic E-state index is 0.196. The van der Waals surface area contributed by atoms with Gasteiger partial charge in [0.25, 0.3) is 0 Å². The number of likely N-dealkylation sites (N-methyl/N-ethyl adjacent to an activating group) is 1. The van der Waals surface area contributed by atoms with E-state index in [0.29, 0.717) is 0 Å². The van der Waals surface area contributed by atoms with Crippen LogP contribution in [-0.4, -0.2) is 23.1 Å². The molecule has 0 amide bonds. The molecule has 2 aromatic carbocycles. The zero-order valence-electron chi connectivity index (χ0n) is 15.0. The van der Waals surface area contributed by atoms with Crippen LogP contribution in [0, 0.1) is 12.7 Å². The minimum atomic E-state index is -0.196. The van der Waals surface area contributed by atoms with Gasteiger partial charge in [-0.05, 0) is 61.9 Å². The lowest BCUT2D eigenvalue weighted by Gasteiger charge is -2.23. The molecule has 2 heterocycles. The Morgan fingerprint density at radius 2 is 1.88 bits per heavy atom. The van der Waals surface area contributed by atoms with Crippen LogP contribution in [0.1, 0.15) is 29.3 Å². The molecular weight excluding hydrogens is 311 g/mol. The SMILES string of the molecule is C/C(=C\n1c2c(c3cc(C)ccc31)CN(C)CC2)c1ccc(F)cc1. The van der Waals surface area contributed by atoms with Gasteiger partial charge in [-0.15, -0.1) is 0 Å². The Hall–Kier alpha value is -2.39. The molecule has 0 spiro atoms. The number of allylic oxidation sites excluding steroid dienone is 1. The summed E-state index contributed by atoms with van der Waals surface area (Å²) >= 11 is 0. The Bertz CT molecular complexity index is 964. The van der Waals surface area contributed by atoms with Gasteiger partial charge in [-0.2, -0.15) is 0 Å². The highest BCUT2D eigenvalue weighted by Crippen LogP contribution is 2.32. The molecule has 0 saturated carbocycles. The maximum absolute atomic E-state index is 13.2. The molecule has 1 aliphatic heterocycles. The first-order chi connectivity index (χ1) is 12.0. The zero-order valence-corrected chi connectivity index (χ0v) is 15.0. The third-order valence-corrected chi connectivity index (χ3v) is 5.16. The minimum Gasteiger partial charge on any atom is -0.320 e. The van der Waals surface area contributed by atoms with E-state index in [9.17, 15) is 4.39 Å².